The highest BCUT2D eigenvalue weighted by Gasteiger charge is 2.31. The topological polar surface area (TPSA) is 128 Å². The fourth-order valence-corrected chi connectivity index (χ4v) is 3.57. The van der Waals surface area contributed by atoms with Crippen LogP contribution in [0.1, 0.15) is 42.9 Å². The Hall–Kier alpha value is -3.95. The van der Waals surface area contributed by atoms with Gasteiger partial charge >= 0.3 is 0 Å². The van der Waals surface area contributed by atoms with Crippen molar-refractivity contribution in [3.63, 3.8) is 0 Å². The molecule has 1 aliphatic heterocycles. The summed E-state index contributed by atoms with van der Waals surface area (Å²) in [7, 11) is 3.27. The fraction of sp³-hybridized carbons (Fsp3) is 0.348. The molecule has 1 aromatic carbocycles. The first kappa shape index (κ1) is 22.3. The molecule has 0 saturated carbocycles. The number of phenols is 1. The molecule has 0 radical (unpaired) electrons. The Labute approximate surface area is 192 Å². The van der Waals surface area contributed by atoms with Gasteiger partial charge in [-0.25, -0.2) is 9.97 Å². The quantitative estimate of drug-likeness (QED) is 0.350. The van der Waals surface area contributed by atoms with Crippen LogP contribution in [0.15, 0.2) is 41.0 Å². The molecule has 174 valence electrons. The zero-order valence-electron chi connectivity index (χ0n) is 19.4. The van der Waals surface area contributed by atoms with E-state index in [0.717, 1.165) is 5.76 Å². The van der Waals surface area contributed by atoms with E-state index in [-0.39, 0.29) is 28.7 Å². The highest BCUT2D eigenvalue weighted by atomic mass is 16.3. The molecule has 0 fully saturated rings. The van der Waals surface area contributed by atoms with Gasteiger partial charge in [-0.05, 0) is 29.7 Å². The van der Waals surface area contributed by atoms with Crippen molar-refractivity contribution in [3.8, 4) is 5.75 Å². The van der Waals surface area contributed by atoms with E-state index in [2.05, 4.69) is 47.0 Å². The number of aromatic nitrogens is 2. The van der Waals surface area contributed by atoms with Gasteiger partial charge in [-0.15, -0.1) is 0 Å². The molecule has 3 heterocycles. The number of hydrogen-bond donors (Lipinski definition) is 5. The van der Waals surface area contributed by atoms with Crippen LogP contribution in [0.2, 0.25) is 0 Å². The Morgan fingerprint density at radius 2 is 1.82 bits per heavy atom. The highest BCUT2D eigenvalue weighted by molar-refractivity contribution is 5.98. The number of para-hydroxylation sites is 1. The van der Waals surface area contributed by atoms with E-state index in [1.54, 1.807) is 38.6 Å². The zero-order chi connectivity index (χ0) is 23.8. The molecule has 10 heteroatoms. The Morgan fingerprint density at radius 3 is 2.42 bits per heavy atom. The number of nitrogens with one attached hydrogen (secondary N) is 4. The number of amides is 1. The minimum absolute atomic E-state index is 0.158. The third-order valence-corrected chi connectivity index (χ3v) is 5.31. The smallest absolute Gasteiger partial charge is 0.257 e. The van der Waals surface area contributed by atoms with Gasteiger partial charge in [0.15, 0.2) is 29.0 Å². The normalized spacial score (nSPS) is 13.5. The van der Waals surface area contributed by atoms with E-state index >= 15 is 0 Å². The zero-order valence-corrected chi connectivity index (χ0v) is 19.4. The number of aromatic hydroxyl groups is 1. The molecule has 2 aromatic heterocycles. The third kappa shape index (κ3) is 4.50. The van der Waals surface area contributed by atoms with Crippen LogP contribution in [0.4, 0.5) is 29.0 Å². The largest absolute Gasteiger partial charge is 0.505 e. The molecular formula is C23H29N7O3. The number of carbonyl (C=O) groups excluding carboxylic acids is 1. The molecule has 10 nitrogen and oxygen atoms in total. The molecule has 0 spiro atoms. The number of anilines is 5. The summed E-state index contributed by atoms with van der Waals surface area (Å²) in [5.74, 6) is 2.40. The maximum Gasteiger partial charge on any atom is 0.257 e. The van der Waals surface area contributed by atoms with Crippen molar-refractivity contribution in [1.82, 2.24) is 14.9 Å². The third-order valence-electron chi connectivity index (χ3n) is 5.31. The second kappa shape index (κ2) is 8.53. The van der Waals surface area contributed by atoms with Gasteiger partial charge in [-0.1, -0.05) is 26.8 Å². The van der Waals surface area contributed by atoms with Crippen molar-refractivity contribution in [1.29, 1.82) is 0 Å². The standard InChI is InChI=1S/C23H29N7O3/c1-23(2,3)17(15-10-7-11-33-15)27-21-20(28-18-19(29-21)25-12-24-18)26-14-9-6-8-13(16(14)31)22(32)30(4)5/h6-11,17,31H,12H2,1-5H3,(H2,24,26,28)(H2,25,27,29)/t17-/m0/s1. The number of nitrogens with zero attached hydrogens (tertiary/aromatic N) is 3. The number of benzene rings is 1. The molecule has 0 saturated heterocycles. The van der Waals surface area contributed by atoms with Crippen LogP contribution < -0.4 is 21.3 Å². The van der Waals surface area contributed by atoms with Gasteiger partial charge < -0.3 is 35.7 Å². The molecule has 0 aliphatic carbocycles. The van der Waals surface area contributed by atoms with Gasteiger partial charge in [0.1, 0.15) is 5.76 Å². The molecular weight excluding hydrogens is 422 g/mol. The number of furan rings is 1. The molecule has 1 amide bonds. The molecule has 5 N–H and O–H groups in total. The minimum atomic E-state index is -0.300. The molecule has 0 bridgehead atoms. The lowest BCUT2D eigenvalue weighted by Crippen LogP contribution is -2.26. The Morgan fingerprint density at radius 1 is 1.12 bits per heavy atom. The number of fused-ring (bicyclic) bond motifs is 1. The van der Waals surface area contributed by atoms with E-state index in [4.69, 9.17) is 9.40 Å². The van der Waals surface area contributed by atoms with Crippen LogP contribution in [0.3, 0.4) is 0 Å². The summed E-state index contributed by atoms with van der Waals surface area (Å²) in [6, 6.07) is 8.52. The monoisotopic (exact) mass is 451 g/mol. The Bertz CT molecular complexity index is 1150. The minimum Gasteiger partial charge on any atom is -0.505 e. The Balaban J connectivity index is 1.74. The van der Waals surface area contributed by atoms with Gasteiger partial charge in [0.05, 0.1) is 30.2 Å². The van der Waals surface area contributed by atoms with Crippen LogP contribution in [0.25, 0.3) is 0 Å². The van der Waals surface area contributed by atoms with Crippen molar-refractivity contribution in [2.24, 2.45) is 5.41 Å². The summed E-state index contributed by atoms with van der Waals surface area (Å²) in [5.41, 5.74) is 0.328. The number of carbonyl (C=O) groups is 1. The summed E-state index contributed by atoms with van der Waals surface area (Å²) in [6.07, 6.45) is 1.64. The van der Waals surface area contributed by atoms with Gasteiger partial charge in [0.25, 0.3) is 5.91 Å². The number of hydrogen-bond acceptors (Lipinski definition) is 9. The number of phenolic OH excluding ortho intramolecular Hbond substituents is 1. The van der Waals surface area contributed by atoms with Crippen LogP contribution in [0, 0.1) is 5.41 Å². The highest BCUT2D eigenvalue weighted by Crippen LogP contribution is 2.40. The van der Waals surface area contributed by atoms with Crippen molar-refractivity contribution in [2.45, 2.75) is 26.8 Å². The lowest BCUT2D eigenvalue weighted by Gasteiger charge is -2.31. The van der Waals surface area contributed by atoms with Crippen LogP contribution in [-0.2, 0) is 0 Å². The van der Waals surface area contributed by atoms with Gasteiger partial charge in [-0.2, -0.15) is 0 Å². The predicted octanol–water partition coefficient (Wildman–Crippen LogP) is 4.21. The van der Waals surface area contributed by atoms with Gasteiger partial charge in [0.2, 0.25) is 0 Å². The average molecular weight is 452 g/mol. The summed E-state index contributed by atoms with van der Waals surface area (Å²) >= 11 is 0. The summed E-state index contributed by atoms with van der Waals surface area (Å²) < 4.78 is 5.69. The molecule has 0 unspecified atom stereocenters. The van der Waals surface area contributed by atoms with Crippen molar-refractivity contribution < 1.29 is 14.3 Å². The second-order valence-corrected chi connectivity index (χ2v) is 9.13. The molecule has 33 heavy (non-hydrogen) atoms. The first-order valence-corrected chi connectivity index (χ1v) is 10.7. The van der Waals surface area contributed by atoms with E-state index in [0.29, 0.717) is 35.6 Å². The summed E-state index contributed by atoms with van der Waals surface area (Å²) in [5, 5.41) is 23.7. The van der Waals surface area contributed by atoms with Crippen molar-refractivity contribution in [2.75, 3.05) is 42.0 Å². The molecule has 4 rings (SSSR count). The first-order valence-electron chi connectivity index (χ1n) is 10.7. The summed E-state index contributed by atoms with van der Waals surface area (Å²) in [4.78, 5) is 23.2. The van der Waals surface area contributed by atoms with Crippen LogP contribution in [0.5, 0.6) is 5.75 Å². The predicted molar refractivity (Wildman–Crippen MR) is 128 cm³/mol. The van der Waals surface area contributed by atoms with Gasteiger partial charge in [0, 0.05) is 14.1 Å². The fourth-order valence-electron chi connectivity index (χ4n) is 3.57. The lowest BCUT2D eigenvalue weighted by atomic mass is 9.85. The van der Waals surface area contributed by atoms with E-state index in [9.17, 15) is 9.90 Å². The average Bonchev–Trinajstić information content (AvgIpc) is 3.43. The van der Waals surface area contributed by atoms with Crippen molar-refractivity contribution >= 4 is 34.9 Å². The van der Waals surface area contributed by atoms with E-state index in [1.165, 1.54) is 4.90 Å². The van der Waals surface area contributed by atoms with Crippen molar-refractivity contribution in [3.05, 3.63) is 47.9 Å². The summed E-state index contributed by atoms with van der Waals surface area (Å²) in [6.45, 7) is 6.81. The maximum absolute atomic E-state index is 12.4. The lowest BCUT2D eigenvalue weighted by molar-refractivity contribution is 0.0824. The van der Waals surface area contributed by atoms with Crippen LogP contribution in [-0.4, -0.2) is 46.6 Å². The number of rotatable bonds is 6. The SMILES string of the molecule is CN(C)C(=O)c1cccc(Nc2nc3c(nc2N[C@@H](c2ccco2)C(C)(C)C)NCN3)c1O. The molecule has 3 aromatic rings. The van der Waals surface area contributed by atoms with E-state index < -0.39 is 0 Å². The van der Waals surface area contributed by atoms with E-state index in [1.807, 2.05) is 12.1 Å². The second-order valence-electron chi connectivity index (χ2n) is 9.13. The van der Waals surface area contributed by atoms with Crippen LogP contribution >= 0.6 is 0 Å². The maximum atomic E-state index is 12.4. The Kier molecular flexibility index (Phi) is 5.75. The molecule has 1 aliphatic rings. The molecule has 1 atom stereocenters. The van der Waals surface area contributed by atoms with Gasteiger partial charge in [-0.3, -0.25) is 4.79 Å². The first-order chi connectivity index (χ1) is 15.6.